The molecule has 0 fully saturated rings. The summed E-state index contributed by atoms with van der Waals surface area (Å²) in [6, 6.07) is 6.17. The van der Waals surface area contributed by atoms with Crippen molar-refractivity contribution < 1.29 is 12.8 Å². The summed E-state index contributed by atoms with van der Waals surface area (Å²) in [6.07, 6.45) is 1.32. The van der Waals surface area contributed by atoms with Gasteiger partial charge >= 0.3 is 0 Å². The Morgan fingerprint density at radius 1 is 1.15 bits per heavy atom. The molecule has 7 heteroatoms. The Morgan fingerprint density at radius 2 is 1.75 bits per heavy atom. The molecule has 1 aromatic heterocycles. The molecule has 0 unspecified atom stereocenters. The van der Waals surface area contributed by atoms with Crippen molar-refractivity contribution in [1.29, 1.82) is 0 Å². The predicted molar refractivity (Wildman–Crippen MR) is 79.6 cm³/mol. The van der Waals surface area contributed by atoms with Crippen LogP contribution in [0.2, 0.25) is 10.0 Å². The third-order valence-electron chi connectivity index (χ3n) is 2.44. The van der Waals surface area contributed by atoms with Gasteiger partial charge in [0.15, 0.2) is 0 Å². The van der Waals surface area contributed by atoms with Crippen molar-refractivity contribution in [2.24, 2.45) is 0 Å². The molecule has 0 atom stereocenters. The number of furan rings is 1. The maximum absolute atomic E-state index is 12.2. The van der Waals surface area contributed by atoms with Crippen LogP contribution in [-0.4, -0.2) is 14.5 Å². The van der Waals surface area contributed by atoms with E-state index in [1.807, 2.05) is 0 Å². The van der Waals surface area contributed by atoms with Gasteiger partial charge in [0.1, 0.15) is 0 Å². The van der Waals surface area contributed by atoms with E-state index in [1.165, 1.54) is 6.26 Å². The molecule has 4 nitrogen and oxygen atoms in total. The van der Waals surface area contributed by atoms with Crippen LogP contribution in [-0.2, 0) is 10.0 Å². The van der Waals surface area contributed by atoms with Gasteiger partial charge < -0.3 is 4.42 Å². The average molecular weight is 334 g/mol. The van der Waals surface area contributed by atoms with Gasteiger partial charge in [-0.15, -0.1) is 0 Å². The highest BCUT2D eigenvalue weighted by atomic mass is 35.5. The number of hydrogen-bond acceptors (Lipinski definition) is 3. The van der Waals surface area contributed by atoms with Gasteiger partial charge in [0.25, 0.3) is 10.0 Å². The molecule has 1 heterocycles. The second kappa shape index (κ2) is 5.77. The fourth-order valence-electron chi connectivity index (χ4n) is 1.79. The Balaban J connectivity index is 2.53. The maximum Gasteiger partial charge on any atom is 0.274 e. The van der Waals surface area contributed by atoms with E-state index in [-0.39, 0.29) is 11.1 Å². The third-order valence-corrected chi connectivity index (χ3v) is 4.46. The lowest BCUT2D eigenvalue weighted by Crippen LogP contribution is -2.30. The summed E-state index contributed by atoms with van der Waals surface area (Å²) in [5.74, 6) is 0. The van der Waals surface area contributed by atoms with E-state index in [9.17, 15) is 8.42 Å². The van der Waals surface area contributed by atoms with Crippen LogP contribution in [0.1, 0.15) is 13.8 Å². The van der Waals surface area contributed by atoms with Gasteiger partial charge in [-0.05, 0) is 43.7 Å². The van der Waals surface area contributed by atoms with Crippen LogP contribution in [0, 0.1) is 0 Å². The molecule has 0 aliphatic carbocycles. The number of hydrogen-bond donors (Lipinski definition) is 1. The summed E-state index contributed by atoms with van der Waals surface area (Å²) in [7, 11) is -3.72. The fourth-order valence-corrected chi connectivity index (χ4v) is 3.70. The number of halogens is 2. The first kappa shape index (κ1) is 15.4. The van der Waals surface area contributed by atoms with Crippen molar-refractivity contribution in [3.05, 3.63) is 40.6 Å². The first-order valence-corrected chi connectivity index (χ1v) is 8.10. The van der Waals surface area contributed by atoms with Gasteiger partial charge in [-0.25, -0.2) is 13.1 Å². The lowest BCUT2D eigenvalue weighted by Gasteiger charge is -2.09. The largest absolute Gasteiger partial charge is 0.451 e. The van der Waals surface area contributed by atoms with Crippen LogP contribution in [0.5, 0.6) is 0 Å². The van der Waals surface area contributed by atoms with Crippen LogP contribution in [0.25, 0.3) is 11.1 Å². The topological polar surface area (TPSA) is 59.3 Å². The van der Waals surface area contributed by atoms with E-state index in [4.69, 9.17) is 27.6 Å². The number of sulfonamides is 1. The molecule has 0 amide bonds. The first-order valence-electron chi connectivity index (χ1n) is 5.86. The monoisotopic (exact) mass is 333 g/mol. The summed E-state index contributed by atoms with van der Waals surface area (Å²) in [4.78, 5) is 0. The molecule has 20 heavy (non-hydrogen) atoms. The van der Waals surface area contributed by atoms with Crippen molar-refractivity contribution in [3.63, 3.8) is 0 Å². The SMILES string of the molecule is CC(C)NS(=O)(=O)c1occc1-c1cc(Cl)cc(Cl)c1. The molecule has 1 N–H and O–H groups in total. The van der Waals surface area contributed by atoms with E-state index >= 15 is 0 Å². The smallest absolute Gasteiger partial charge is 0.274 e. The van der Waals surface area contributed by atoms with Crippen LogP contribution < -0.4 is 4.72 Å². The van der Waals surface area contributed by atoms with Gasteiger partial charge in [-0.3, -0.25) is 0 Å². The molecule has 2 rings (SSSR count). The average Bonchev–Trinajstić information content (AvgIpc) is 2.74. The Kier molecular flexibility index (Phi) is 4.44. The standard InChI is InChI=1S/C13H13Cl2NO3S/c1-8(2)16-20(17,18)13-12(3-4-19-13)9-5-10(14)7-11(15)6-9/h3-8,16H,1-2H3. The molecule has 0 aliphatic rings. The van der Waals surface area contributed by atoms with E-state index in [0.717, 1.165) is 0 Å². The molecule has 0 saturated carbocycles. The normalized spacial score (nSPS) is 12.1. The van der Waals surface area contributed by atoms with Crippen LogP contribution in [0.4, 0.5) is 0 Å². The second-order valence-electron chi connectivity index (χ2n) is 4.56. The number of benzene rings is 1. The van der Waals surface area contributed by atoms with Crippen LogP contribution in [0.15, 0.2) is 40.0 Å². The number of rotatable bonds is 4. The minimum Gasteiger partial charge on any atom is -0.451 e. The Morgan fingerprint density at radius 3 is 2.30 bits per heavy atom. The lowest BCUT2D eigenvalue weighted by atomic mass is 10.1. The molecular formula is C13H13Cl2NO3S. The van der Waals surface area contributed by atoms with E-state index in [0.29, 0.717) is 21.2 Å². The van der Waals surface area contributed by atoms with Crippen molar-refractivity contribution in [2.75, 3.05) is 0 Å². The molecule has 0 saturated heterocycles. The molecule has 2 aromatic rings. The van der Waals surface area contributed by atoms with Gasteiger partial charge in [0, 0.05) is 21.7 Å². The minimum atomic E-state index is -3.72. The predicted octanol–water partition coefficient (Wildman–Crippen LogP) is 3.94. The zero-order chi connectivity index (χ0) is 14.9. The van der Waals surface area contributed by atoms with Gasteiger partial charge in [-0.2, -0.15) is 0 Å². The summed E-state index contributed by atoms with van der Waals surface area (Å²) in [6.45, 7) is 3.47. The van der Waals surface area contributed by atoms with Crippen molar-refractivity contribution in [2.45, 2.75) is 25.0 Å². The van der Waals surface area contributed by atoms with Crippen molar-refractivity contribution >= 4 is 33.2 Å². The molecular weight excluding hydrogens is 321 g/mol. The van der Waals surface area contributed by atoms with Crippen LogP contribution in [0.3, 0.4) is 0 Å². The molecule has 0 aliphatic heterocycles. The lowest BCUT2D eigenvalue weighted by molar-refractivity contribution is 0.445. The van der Waals surface area contributed by atoms with Gasteiger partial charge in [-0.1, -0.05) is 23.2 Å². The maximum atomic E-state index is 12.2. The minimum absolute atomic E-state index is 0.149. The molecule has 0 radical (unpaired) electrons. The second-order valence-corrected chi connectivity index (χ2v) is 7.04. The highest BCUT2D eigenvalue weighted by molar-refractivity contribution is 7.89. The molecule has 108 valence electrons. The zero-order valence-corrected chi connectivity index (χ0v) is 13.2. The summed E-state index contributed by atoms with van der Waals surface area (Å²) >= 11 is 11.9. The van der Waals surface area contributed by atoms with Crippen molar-refractivity contribution in [3.8, 4) is 11.1 Å². The Bertz CT molecular complexity index is 703. The van der Waals surface area contributed by atoms with Gasteiger partial charge in [0.2, 0.25) is 5.09 Å². The number of nitrogens with one attached hydrogen (secondary N) is 1. The first-order chi connectivity index (χ1) is 9.29. The molecule has 1 aromatic carbocycles. The fraction of sp³-hybridized carbons (Fsp3) is 0.231. The summed E-state index contributed by atoms with van der Waals surface area (Å²) in [5.41, 5.74) is 1.00. The van der Waals surface area contributed by atoms with E-state index < -0.39 is 10.0 Å². The highest BCUT2D eigenvalue weighted by Crippen LogP contribution is 2.32. The van der Waals surface area contributed by atoms with Crippen LogP contribution >= 0.6 is 23.2 Å². The van der Waals surface area contributed by atoms with Gasteiger partial charge in [0.05, 0.1) is 6.26 Å². The molecule has 0 bridgehead atoms. The highest BCUT2D eigenvalue weighted by Gasteiger charge is 2.24. The van der Waals surface area contributed by atoms with E-state index in [1.54, 1.807) is 38.1 Å². The van der Waals surface area contributed by atoms with E-state index in [2.05, 4.69) is 4.72 Å². The zero-order valence-electron chi connectivity index (χ0n) is 10.9. The third kappa shape index (κ3) is 3.35. The van der Waals surface area contributed by atoms with Crippen molar-refractivity contribution in [1.82, 2.24) is 4.72 Å². The summed E-state index contributed by atoms with van der Waals surface area (Å²) < 4.78 is 32.0. The Labute approximate surface area is 127 Å². The summed E-state index contributed by atoms with van der Waals surface area (Å²) in [5, 5.41) is 0.701. The quantitative estimate of drug-likeness (QED) is 0.921. The Hall–Kier alpha value is -1.01. The molecule has 0 spiro atoms.